The van der Waals surface area contributed by atoms with Gasteiger partial charge in [-0.05, 0) is 47.9 Å². The van der Waals surface area contributed by atoms with E-state index in [1.54, 1.807) is 0 Å². The van der Waals surface area contributed by atoms with Gasteiger partial charge < -0.3 is 10.2 Å². The number of aryl methyl sites for hydroxylation is 2. The van der Waals surface area contributed by atoms with Crippen molar-refractivity contribution < 1.29 is 0 Å². The van der Waals surface area contributed by atoms with Gasteiger partial charge in [0.25, 0.3) is 0 Å². The molecule has 4 heteroatoms. The Bertz CT molecular complexity index is 338. The van der Waals surface area contributed by atoms with Gasteiger partial charge in [-0.2, -0.15) is 0 Å². The average molecular weight is 222 g/mol. The third-order valence-electron chi connectivity index (χ3n) is 2.87. The van der Waals surface area contributed by atoms with Crippen LogP contribution in [0.2, 0.25) is 0 Å². The van der Waals surface area contributed by atoms with E-state index in [0.717, 1.165) is 17.9 Å². The second-order valence-electron chi connectivity index (χ2n) is 5.03. The molecular formula is C12H22N4. The number of rotatable bonds is 4. The summed E-state index contributed by atoms with van der Waals surface area (Å²) in [4.78, 5) is 10.9. The zero-order chi connectivity index (χ0) is 12.3. The van der Waals surface area contributed by atoms with Crippen LogP contribution in [0.15, 0.2) is 6.07 Å². The van der Waals surface area contributed by atoms with Crippen molar-refractivity contribution in [1.29, 1.82) is 0 Å². The van der Waals surface area contributed by atoms with E-state index in [4.69, 9.17) is 0 Å². The summed E-state index contributed by atoms with van der Waals surface area (Å²) in [6.45, 7) is 9.15. The van der Waals surface area contributed by atoms with Gasteiger partial charge in [0.1, 0.15) is 0 Å². The molecule has 0 spiro atoms. The molecule has 1 aromatic rings. The lowest BCUT2D eigenvalue weighted by Crippen LogP contribution is -2.44. The SMILES string of the molecule is Cc1cc(C)nc(NCC(C)(C)N(C)C)n1. The molecule has 0 amide bonds. The molecule has 16 heavy (non-hydrogen) atoms. The summed E-state index contributed by atoms with van der Waals surface area (Å²) in [5.41, 5.74) is 2.08. The van der Waals surface area contributed by atoms with Crippen LogP contribution >= 0.6 is 0 Å². The van der Waals surface area contributed by atoms with E-state index in [2.05, 4.69) is 48.1 Å². The number of likely N-dealkylation sites (N-methyl/N-ethyl adjacent to an activating group) is 1. The summed E-state index contributed by atoms with van der Waals surface area (Å²) >= 11 is 0. The van der Waals surface area contributed by atoms with Crippen molar-refractivity contribution in [2.45, 2.75) is 33.2 Å². The molecule has 90 valence electrons. The summed E-state index contributed by atoms with van der Waals surface area (Å²) in [6, 6.07) is 1.97. The summed E-state index contributed by atoms with van der Waals surface area (Å²) < 4.78 is 0. The number of aromatic nitrogens is 2. The van der Waals surface area contributed by atoms with Crippen LogP contribution < -0.4 is 5.32 Å². The van der Waals surface area contributed by atoms with Gasteiger partial charge in [0.05, 0.1) is 0 Å². The molecule has 0 fully saturated rings. The monoisotopic (exact) mass is 222 g/mol. The molecule has 0 saturated carbocycles. The lowest BCUT2D eigenvalue weighted by atomic mass is 10.1. The largest absolute Gasteiger partial charge is 0.352 e. The van der Waals surface area contributed by atoms with Gasteiger partial charge in [-0.1, -0.05) is 0 Å². The lowest BCUT2D eigenvalue weighted by Gasteiger charge is -2.32. The Morgan fingerprint density at radius 3 is 2.12 bits per heavy atom. The third kappa shape index (κ3) is 3.45. The Balaban J connectivity index is 2.68. The van der Waals surface area contributed by atoms with Crippen molar-refractivity contribution in [3.05, 3.63) is 17.5 Å². The van der Waals surface area contributed by atoms with Gasteiger partial charge >= 0.3 is 0 Å². The molecule has 0 radical (unpaired) electrons. The second kappa shape index (κ2) is 4.78. The first kappa shape index (κ1) is 12.9. The van der Waals surface area contributed by atoms with Crippen LogP contribution in [-0.4, -0.2) is 41.0 Å². The van der Waals surface area contributed by atoms with Crippen molar-refractivity contribution in [3.63, 3.8) is 0 Å². The lowest BCUT2D eigenvalue weighted by molar-refractivity contribution is 0.209. The molecule has 1 rings (SSSR count). The van der Waals surface area contributed by atoms with Crippen molar-refractivity contribution in [2.24, 2.45) is 0 Å². The molecule has 0 aliphatic carbocycles. The Kier molecular flexibility index (Phi) is 3.86. The molecule has 0 bridgehead atoms. The fourth-order valence-corrected chi connectivity index (χ4v) is 1.26. The van der Waals surface area contributed by atoms with Gasteiger partial charge in [0, 0.05) is 23.5 Å². The van der Waals surface area contributed by atoms with E-state index in [9.17, 15) is 0 Å². The molecule has 0 atom stereocenters. The highest BCUT2D eigenvalue weighted by molar-refractivity contribution is 5.28. The van der Waals surface area contributed by atoms with Crippen LogP contribution in [0.5, 0.6) is 0 Å². The van der Waals surface area contributed by atoms with Crippen LogP contribution in [0.25, 0.3) is 0 Å². The van der Waals surface area contributed by atoms with E-state index in [1.165, 1.54) is 0 Å². The first-order valence-electron chi connectivity index (χ1n) is 5.55. The van der Waals surface area contributed by atoms with Crippen LogP contribution in [0.3, 0.4) is 0 Å². The van der Waals surface area contributed by atoms with E-state index in [1.807, 2.05) is 19.9 Å². The molecule has 1 heterocycles. The molecule has 0 unspecified atom stereocenters. The van der Waals surface area contributed by atoms with E-state index >= 15 is 0 Å². The number of hydrogen-bond acceptors (Lipinski definition) is 4. The fraction of sp³-hybridized carbons (Fsp3) is 0.667. The summed E-state index contributed by atoms with van der Waals surface area (Å²) in [6.07, 6.45) is 0. The van der Waals surface area contributed by atoms with Crippen molar-refractivity contribution in [2.75, 3.05) is 26.0 Å². The zero-order valence-corrected chi connectivity index (χ0v) is 11.1. The van der Waals surface area contributed by atoms with Crippen LogP contribution in [-0.2, 0) is 0 Å². The van der Waals surface area contributed by atoms with Crippen molar-refractivity contribution in [1.82, 2.24) is 14.9 Å². The number of anilines is 1. The van der Waals surface area contributed by atoms with E-state index < -0.39 is 0 Å². The molecule has 4 nitrogen and oxygen atoms in total. The zero-order valence-electron chi connectivity index (χ0n) is 11.1. The molecule has 0 saturated heterocycles. The van der Waals surface area contributed by atoms with Gasteiger partial charge in [-0.25, -0.2) is 9.97 Å². The maximum Gasteiger partial charge on any atom is 0.223 e. The smallest absolute Gasteiger partial charge is 0.223 e. The number of hydrogen-bond donors (Lipinski definition) is 1. The molecular weight excluding hydrogens is 200 g/mol. The number of nitrogens with zero attached hydrogens (tertiary/aromatic N) is 3. The number of nitrogens with one attached hydrogen (secondary N) is 1. The van der Waals surface area contributed by atoms with Gasteiger partial charge in [0.2, 0.25) is 5.95 Å². The Hall–Kier alpha value is -1.16. The summed E-state index contributed by atoms with van der Waals surface area (Å²) in [5, 5.41) is 3.28. The van der Waals surface area contributed by atoms with Crippen molar-refractivity contribution >= 4 is 5.95 Å². The minimum Gasteiger partial charge on any atom is -0.352 e. The Morgan fingerprint density at radius 2 is 1.69 bits per heavy atom. The Morgan fingerprint density at radius 1 is 1.19 bits per heavy atom. The first-order valence-corrected chi connectivity index (χ1v) is 5.55. The Labute approximate surface area is 98.1 Å². The van der Waals surface area contributed by atoms with Crippen molar-refractivity contribution in [3.8, 4) is 0 Å². The van der Waals surface area contributed by atoms with E-state index in [-0.39, 0.29) is 5.54 Å². The highest BCUT2D eigenvalue weighted by Gasteiger charge is 2.20. The molecule has 1 N–H and O–H groups in total. The molecule has 0 aliphatic rings. The van der Waals surface area contributed by atoms with Crippen LogP contribution in [0.1, 0.15) is 25.2 Å². The summed E-state index contributed by atoms with van der Waals surface area (Å²) in [5.74, 6) is 0.715. The van der Waals surface area contributed by atoms with Gasteiger partial charge in [0.15, 0.2) is 0 Å². The van der Waals surface area contributed by atoms with E-state index in [0.29, 0.717) is 5.95 Å². The quantitative estimate of drug-likeness (QED) is 0.844. The first-order chi connectivity index (χ1) is 7.31. The standard InChI is InChI=1S/C12H22N4/c1-9-7-10(2)15-11(14-9)13-8-12(3,4)16(5)6/h7H,8H2,1-6H3,(H,13,14,15). The molecule has 0 aliphatic heterocycles. The average Bonchev–Trinajstić information content (AvgIpc) is 2.13. The van der Waals surface area contributed by atoms with Gasteiger partial charge in [-0.3, -0.25) is 0 Å². The topological polar surface area (TPSA) is 41.1 Å². The minimum atomic E-state index is 0.0843. The maximum atomic E-state index is 4.36. The predicted molar refractivity (Wildman–Crippen MR) is 67.8 cm³/mol. The second-order valence-corrected chi connectivity index (χ2v) is 5.03. The third-order valence-corrected chi connectivity index (χ3v) is 2.87. The van der Waals surface area contributed by atoms with Gasteiger partial charge in [-0.15, -0.1) is 0 Å². The normalized spacial score (nSPS) is 11.9. The minimum absolute atomic E-state index is 0.0843. The summed E-state index contributed by atoms with van der Waals surface area (Å²) in [7, 11) is 4.15. The predicted octanol–water partition coefficient (Wildman–Crippen LogP) is 1.85. The fourth-order valence-electron chi connectivity index (χ4n) is 1.26. The maximum absolute atomic E-state index is 4.36. The molecule has 0 aromatic carbocycles. The van der Waals surface area contributed by atoms with Crippen LogP contribution in [0.4, 0.5) is 5.95 Å². The molecule has 1 aromatic heterocycles. The van der Waals surface area contributed by atoms with Crippen LogP contribution in [0, 0.1) is 13.8 Å². The highest BCUT2D eigenvalue weighted by atomic mass is 15.2. The highest BCUT2D eigenvalue weighted by Crippen LogP contribution is 2.11.